The number of rotatable bonds is 4. The van der Waals surface area contributed by atoms with E-state index in [1.165, 1.54) is 12.8 Å². The number of hydrogen-bond acceptors (Lipinski definition) is 4. The number of carbonyl (C=O) groups is 1. The number of anilines is 2. The van der Waals surface area contributed by atoms with E-state index in [0.717, 1.165) is 35.2 Å². The van der Waals surface area contributed by atoms with Crippen molar-refractivity contribution in [3.8, 4) is 11.3 Å². The zero-order valence-corrected chi connectivity index (χ0v) is 13.8. The first-order valence-electron chi connectivity index (χ1n) is 7.75. The molecule has 2 heterocycles. The average molecular weight is 315 g/mol. The molecule has 116 valence electrons. The van der Waals surface area contributed by atoms with Gasteiger partial charge in [-0.1, -0.05) is 26.0 Å². The number of hydrogen-bond donors (Lipinski definition) is 1. The Labute approximate surface area is 135 Å². The van der Waals surface area contributed by atoms with Crippen LogP contribution in [0.2, 0.25) is 0 Å². The van der Waals surface area contributed by atoms with Crippen molar-refractivity contribution < 1.29 is 4.79 Å². The fourth-order valence-electron chi connectivity index (χ4n) is 2.46. The Morgan fingerprint density at radius 1 is 1.23 bits per heavy atom. The largest absolute Gasteiger partial charge is 0.348 e. The van der Waals surface area contributed by atoms with E-state index in [4.69, 9.17) is 4.98 Å². The summed E-state index contributed by atoms with van der Waals surface area (Å²) in [5.41, 5.74) is 2.93. The molecule has 3 rings (SSSR count). The highest BCUT2D eigenvalue weighted by molar-refractivity contribution is 7.14. The number of nitrogens with zero attached hydrogens (tertiary/aromatic N) is 2. The van der Waals surface area contributed by atoms with E-state index in [1.807, 2.05) is 38.1 Å². The van der Waals surface area contributed by atoms with Gasteiger partial charge in [-0.05, 0) is 25.0 Å². The van der Waals surface area contributed by atoms with Crippen LogP contribution in [0.25, 0.3) is 11.3 Å². The van der Waals surface area contributed by atoms with E-state index < -0.39 is 0 Å². The second-order valence-electron chi connectivity index (χ2n) is 5.93. The minimum atomic E-state index is -0.0127. The summed E-state index contributed by atoms with van der Waals surface area (Å²) in [7, 11) is 0. The monoisotopic (exact) mass is 315 g/mol. The Hall–Kier alpha value is -1.88. The summed E-state index contributed by atoms with van der Waals surface area (Å²) in [6.45, 7) is 6.01. The lowest BCUT2D eigenvalue weighted by Gasteiger charge is -2.12. The summed E-state index contributed by atoms with van der Waals surface area (Å²) in [5.74, 6) is 0.0268. The third-order valence-electron chi connectivity index (χ3n) is 3.84. The zero-order chi connectivity index (χ0) is 15.5. The molecule has 0 radical (unpaired) electrons. The smallest absolute Gasteiger partial charge is 0.226 e. The van der Waals surface area contributed by atoms with Crippen LogP contribution in [0, 0.1) is 5.92 Å². The van der Waals surface area contributed by atoms with Gasteiger partial charge in [0.2, 0.25) is 5.91 Å². The maximum atomic E-state index is 11.7. The summed E-state index contributed by atoms with van der Waals surface area (Å²) in [4.78, 5) is 18.8. The van der Waals surface area contributed by atoms with Gasteiger partial charge in [-0.15, -0.1) is 11.3 Å². The summed E-state index contributed by atoms with van der Waals surface area (Å²) < 4.78 is 0. The third-order valence-corrected chi connectivity index (χ3v) is 4.74. The lowest BCUT2D eigenvalue weighted by Crippen LogP contribution is -2.17. The predicted molar refractivity (Wildman–Crippen MR) is 92.5 cm³/mol. The minimum Gasteiger partial charge on any atom is -0.348 e. The summed E-state index contributed by atoms with van der Waals surface area (Å²) >= 11 is 1.71. The number of thiazole rings is 1. The van der Waals surface area contributed by atoms with Crippen molar-refractivity contribution >= 4 is 28.1 Å². The SMILES string of the molecule is CC(C)C(=O)Nc1ccc(-c2csc(N3CCCC3)n2)cc1. The molecule has 2 aromatic rings. The zero-order valence-electron chi connectivity index (χ0n) is 13.0. The van der Waals surface area contributed by atoms with Crippen molar-refractivity contribution in [3.05, 3.63) is 29.6 Å². The highest BCUT2D eigenvalue weighted by atomic mass is 32.1. The van der Waals surface area contributed by atoms with Crippen LogP contribution in [-0.4, -0.2) is 24.0 Å². The van der Waals surface area contributed by atoms with Gasteiger partial charge in [-0.3, -0.25) is 4.79 Å². The van der Waals surface area contributed by atoms with Gasteiger partial charge in [0.25, 0.3) is 0 Å². The van der Waals surface area contributed by atoms with Crippen molar-refractivity contribution in [2.75, 3.05) is 23.3 Å². The molecule has 0 spiro atoms. The van der Waals surface area contributed by atoms with Gasteiger partial charge < -0.3 is 10.2 Å². The molecule has 1 aromatic carbocycles. The lowest BCUT2D eigenvalue weighted by atomic mass is 10.1. The second-order valence-corrected chi connectivity index (χ2v) is 6.77. The van der Waals surface area contributed by atoms with Gasteiger partial charge >= 0.3 is 0 Å². The van der Waals surface area contributed by atoms with E-state index in [1.54, 1.807) is 11.3 Å². The first-order valence-corrected chi connectivity index (χ1v) is 8.63. The van der Waals surface area contributed by atoms with Crippen LogP contribution < -0.4 is 10.2 Å². The Kier molecular flexibility index (Phi) is 4.43. The maximum absolute atomic E-state index is 11.7. The molecular weight excluding hydrogens is 294 g/mol. The van der Waals surface area contributed by atoms with E-state index >= 15 is 0 Å². The Morgan fingerprint density at radius 3 is 2.55 bits per heavy atom. The molecular formula is C17H21N3OS. The summed E-state index contributed by atoms with van der Waals surface area (Å²) in [6, 6.07) is 7.90. The molecule has 22 heavy (non-hydrogen) atoms. The van der Waals surface area contributed by atoms with Crippen LogP contribution in [-0.2, 0) is 4.79 Å². The van der Waals surface area contributed by atoms with Crippen molar-refractivity contribution in [3.63, 3.8) is 0 Å². The number of benzene rings is 1. The van der Waals surface area contributed by atoms with Crippen LogP contribution in [0.4, 0.5) is 10.8 Å². The lowest BCUT2D eigenvalue weighted by molar-refractivity contribution is -0.118. The topological polar surface area (TPSA) is 45.2 Å². The third kappa shape index (κ3) is 3.30. The normalized spacial score (nSPS) is 14.6. The number of carbonyl (C=O) groups excluding carboxylic acids is 1. The Morgan fingerprint density at radius 2 is 1.91 bits per heavy atom. The summed E-state index contributed by atoms with van der Waals surface area (Å²) in [6.07, 6.45) is 2.53. The maximum Gasteiger partial charge on any atom is 0.226 e. The van der Waals surface area contributed by atoms with Crippen LogP contribution in [0.5, 0.6) is 0 Å². The molecule has 1 fully saturated rings. The van der Waals surface area contributed by atoms with Crippen molar-refractivity contribution in [1.29, 1.82) is 0 Å². The van der Waals surface area contributed by atoms with Gasteiger partial charge in [-0.2, -0.15) is 0 Å². The van der Waals surface area contributed by atoms with Gasteiger partial charge in [0.15, 0.2) is 5.13 Å². The quantitative estimate of drug-likeness (QED) is 0.927. The van der Waals surface area contributed by atoms with Gasteiger partial charge in [0.05, 0.1) is 5.69 Å². The van der Waals surface area contributed by atoms with Crippen LogP contribution in [0.3, 0.4) is 0 Å². The van der Waals surface area contributed by atoms with Gasteiger partial charge in [-0.25, -0.2) is 4.98 Å². The second kappa shape index (κ2) is 6.48. The van der Waals surface area contributed by atoms with Crippen LogP contribution in [0.1, 0.15) is 26.7 Å². The van der Waals surface area contributed by atoms with Crippen molar-refractivity contribution in [2.45, 2.75) is 26.7 Å². The van der Waals surface area contributed by atoms with E-state index in [-0.39, 0.29) is 11.8 Å². The Bertz CT molecular complexity index is 642. The summed E-state index contributed by atoms with van der Waals surface area (Å²) in [5, 5.41) is 6.13. The molecule has 1 aliphatic rings. The Balaban J connectivity index is 1.71. The highest BCUT2D eigenvalue weighted by Crippen LogP contribution is 2.30. The number of nitrogens with one attached hydrogen (secondary N) is 1. The molecule has 1 aliphatic heterocycles. The fraction of sp³-hybridized carbons (Fsp3) is 0.412. The molecule has 0 atom stereocenters. The first-order chi connectivity index (χ1) is 10.6. The molecule has 5 heteroatoms. The van der Waals surface area contributed by atoms with Crippen molar-refractivity contribution in [2.24, 2.45) is 5.92 Å². The van der Waals surface area contributed by atoms with E-state index in [9.17, 15) is 4.79 Å². The van der Waals surface area contributed by atoms with E-state index in [0.29, 0.717) is 0 Å². The van der Waals surface area contributed by atoms with Gasteiger partial charge in [0.1, 0.15) is 0 Å². The number of aromatic nitrogens is 1. The van der Waals surface area contributed by atoms with Gasteiger partial charge in [0, 0.05) is 35.6 Å². The predicted octanol–water partition coefficient (Wildman–Crippen LogP) is 4.00. The molecule has 0 saturated carbocycles. The molecule has 1 saturated heterocycles. The standard InChI is InChI=1S/C17H21N3OS/c1-12(2)16(21)18-14-7-5-13(6-8-14)15-11-22-17(19-15)20-9-3-4-10-20/h5-8,11-12H,3-4,9-10H2,1-2H3,(H,18,21). The van der Waals surface area contributed by atoms with E-state index in [2.05, 4.69) is 15.6 Å². The molecule has 1 aromatic heterocycles. The number of amides is 1. The van der Waals surface area contributed by atoms with Crippen LogP contribution in [0.15, 0.2) is 29.6 Å². The van der Waals surface area contributed by atoms with Crippen molar-refractivity contribution in [1.82, 2.24) is 4.98 Å². The highest BCUT2D eigenvalue weighted by Gasteiger charge is 2.16. The molecule has 0 aliphatic carbocycles. The molecule has 0 bridgehead atoms. The molecule has 4 nitrogen and oxygen atoms in total. The molecule has 0 unspecified atom stereocenters. The van der Waals surface area contributed by atoms with Crippen LogP contribution >= 0.6 is 11.3 Å². The molecule has 1 N–H and O–H groups in total. The fourth-order valence-corrected chi connectivity index (χ4v) is 3.35. The minimum absolute atomic E-state index is 0.0127. The first kappa shape index (κ1) is 15.0. The average Bonchev–Trinajstić information content (AvgIpc) is 3.19. The molecule has 1 amide bonds.